The fourth-order valence-electron chi connectivity index (χ4n) is 2.94. The molecule has 1 saturated carbocycles. The van der Waals surface area contributed by atoms with Crippen molar-refractivity contribution in [2.24, 2.45) is 5.92 Å². The van der Waals surface area contributed by atoms with Crippen LogP contribution in [0.3, 0.4) is 0 Å². The molecule has 2 N–H and O–H groups in total. The van der Waals surface area contributed by atoms with Crippen LogP contribution in [-0.4, -0.2) is 18.4 Å². The van der Waals surface area contributed by atoms with Gasteiger partial charge in [0.15, 0.2) is 0 Å². The van der Waals surface area contributed by atoms with Crippen molar-refractivity contribution in [3.05, 3.63) is 63.6 Å². The van der Waals surface area contributed by atoms with Crippen molar-refractivity contribution in [2.45, 2.75) is 25.2 Å². The van der Waals surface area contributed by atoms with Crippen LogP contribution in [0.15, 0.2) is 53.0 Å². The largest absolute Gasteiger partial charge is 0.356 e. The minimum absolute atomic E-state index is 0.0483. The molecule has 1 aliphatic rings. The Morgan fingerprint density at radius 1 is 1.15 bits per heavy atom. The summed E-state index contributed by atoms with van der Waals surface area (Å²) in [4.78, 5) is 24.1. The van der Waals surface area contributed by atoms with Crippen molar-refractivity contribution < 1.29 is 9.59 Å². The van der Waals surface area contributed by atoms with E-state index in [2.05, 4.69) is 38.7 Å². The first kappa shape index (κ1) is 18.9. The number of carbonyl (C=O) groups excluding carboxylic acids is 2. The van der Waals surface area contributed by atoms with Gasteiger partial charge in [-0.15, -0.1) is 0 Å². The molecule has 0 spiro atoms. The maximum atomic E-state index is 12.2. The van der Waals surface area contributed by atoms with Crippen LogP contribution in [0.25, 0.3) is 0 Å². The minimum atomic E-state index is -0.0694. The lowest BCUT2D eigenvalue weighted by Gasteiger charge is -2.07. The van der Waals surface area contributed by atoms with Gasteiger partial charge in [0.1, 0.15) is 0 Å². The summed E-state index contributed by atoms with van der Waals surface area (Å²) in [6, 6.07) is 15.1. The van der Waals surface area contributed by atoms with E-state index in [1.165, 1.54) is 5.56 Å². The maximum absolute atomic E-state index is 12.2. The van der Waals surface area contributed by atoms with Crippen molar-refractivity contribution in [3.8, 4) is 0 Å². The summed E-state index contributed by atoms with van der Waals surface area (Å²) in [5, 5.41) is 6.38. The molecule has 0 aromatic heterocycles. The lowest BCUT2D eigenvalue weighted by molar-refractivity contribution is -0.122. The van der Waals surface area contributed by atoms with Crippen molar-refractivity contribution >= 4 is 45.0 Å². The number of hydrogen-bond acceptors (Lipinski definition) is 2. The highest BCUT2D eigenvalue weighted by Gasteiger charge is 2.43. The van der Waals surface area contributed by atoms with Crippen LogP contribution in [0.4, 0.5) is 5.69 Å². The molecule has 136 valence electrons. The summed E-state index contributed by atoms with van der Waals surface area (Å²) in [5.74, 6) is 0.362. The summed E-state index contributed by atoms with van der Waals surface area (Å²) < 4.78 is 1.03. The molecule has 2 amide bonds. The molecule has 1 fully saturated rings. The number of benzene rings is 2. The highest BCUT2D eigenvalue weighted by Crippen LogP contribution is 2.47. The van der Waals surface area contributed by atoms with E-state index in [9.17, 15) is 9.59 Å². The molecular weight excluding hydrogens is 416 g/mol. The molecule has 2 atom stereocenters. The number of rotatable bonds is 7. The molecule has 4 nitrogen and oxygen atoms in total. The molecule has 0 radical (unpaired) electrons. The zero-order chi connectivity index (χ0) is 18.5. The van der Waals surface area contributed by atoms with Gasteiger partial charge in [-0.2, -0.15) is 0 Å². The number of halogens is 2. The van der Waals surface area contributed by atoms with Crippen LogP contribution in [0.1, 0.15) is 30.7 Å². The minimum Gasteiger partial charge on any atom is -0.356 e. The van der Waals surface area contributed by atoms with E-state index >= 15 is 0 Å². The standard InChI is InChI=1S/C20H20BrClN2O2/c21-14-4-1-3-13(11-14)17-12-18(17)20(26)23-10-2-5-19(25)24-16-8-6-15(22)7-9-16/h1,3-4,6-9,11,17-18H,2,5,10,12H2,(H,23,26)(H,24,25). The van der Waals surface area contributed by atoms with Crippen molar-refractivity contribution in [2.75, 3.05) is 11.9 Å². The Bertz CT molecular complexity index is 795. The SMILES string of the molecule is O=C(CCCNC(=O)C1CC1c1cccc(Br)c1)Nc1ccc(Cl)cc1. The Morgan fingerprint density at radius 3 is 2.65 bits per heavy atom. The van der Waals surface area contributed by atoms with Crippen LogP contribution >= 0.6 is 27.5 Å². The Hall–Kier alpha value is -1.85. The van der Waals surface area contributed by atoms with Gasteiger partial charge in [0.25, 0.3) is 0 Å². The van der Waals surface area contributed by atoms with E-state index in [1.807, 2.05) is 12.1 Å². The normalized spacial score (nSPS) is 18.2. The molecule has 1 aliphatic carbocycles. The van der Waals surface area contributed by atoms with E-state index in [0.717, 1.165) is 16.6 Å². The van der Waals surface area contributed by atoms with Gasteiger partial charge < -0.3 is 10.6 Å². The van der Waals surface area contributed by atoms with Gasteiger partial charge in [-0.3, -0.25) is 9.59 Å². The van der Waals surface area contributed by atoms with Crippen LogP contribution in [0, 0.1) is 5.92 Å². The quantitative estimate of drug-likeness (QED) is 0.617. The fourth-order valence-corrected chi connectivity index (χ4v) is 3.48. The summed E-state index contributed by atoms with van der Waals surface area (Å²) in [5.41, 5.74) is 1.92. The molecule has 0 bridgehead atoms. The van der Waals surface area contributed by atoms with E-state index in [-0.39, 0.29) is 17.7 Å². The number of hydrogen-bond donors (Lipinski definition) is 2. The second-order valence-corrected chi connectivity index (χ2v) is 7.81. The topological polar surface area (TPSA) is 58.2 Å². The lowest BCUT2D eigenvalue weighted by Crippen LogP contribution is -2.27. The molecular formula is C20H20BrClN2O2. The van der Waals surface area contributed by atoms with Gasteiger partial charge in [0, 0.05) is 34.1 Å². The Morgan fingerprint density at radius 2 is 1.92 bits per heavy atom. The predicted octanol–water partition coefficient (Wildman–Crippen LogP) is 4.74. The summed E-state index contributed by atoms with van der Waals surface area (Å²) in [6.45, 7) is 0.509. The predicted molar refractivity (Wildman–Crippen MR) is 107 cm³/mol. The average molecular weight is 436 g/mol. The van der Waals surface area contributed by atoms with Crippen LogP contribution in [0.5, 0.6) is 0 Å². The Labute approximate surface area is 166 Å². The highest BCUT2D eigenvalue weighted by atomic mass is 79.9. The molecule has 2 unspecified atom stereocenters. The van der Waals surface area contributed by atoms with E-state index < -0.39 is 0 Å². The number of nitrogens with one attached hydrogen (secondary N) is 2. The number of carbonyl (C=O) groups is 2. The highest BCUT2D eigenvalue weighted by molar-refractivity contribution is 9.10. The molecule has 2 aromatic rings. The third-order valence-electron chi connectivity index (χ3n) is 4.41. The molecule has 3 rings (SSSR count). The third-order valence-corrected chi connectivity index (χ3v) is 5.16. The van der Waals surface area contributed by atoms with Crippen molar-refractivity contribution in [1.29, 1.82) is 0 Å². The van der Waals surface area contributed by atoms with E-state index in [0.29, 0.717) is 30.3 Å². The van der Waals surface area contributed by atoms with E-state index in [4.69, 9.17) is 11.6 Å². The number of anilines is 1. The van der Waals surface area contributed by atoms with Gasteiger partial charge in [-0.25, -0.2) is 0 Å². The first-order valence-electron chi connectivity index (χ1n) is 8.61. The van der Waals surface area contributed by atoms with Crippen LogP contribution in [0.2, 0.25) is 5.02 Å². The first-order valence-corrected chi connectivity index (χ1v) is 9.78. The maximum Gasteiger partial charge on any atom is 0.224 e. The Kier molecular flexibility index (Phi) is 6.33. The number of amides is 2. The summed E-state index contributed by atoms with van der Waals surface area (Å²) >= 11 is 9.27. The van der Waals surface area contributed by atoms with Gasteiger partial charge in [0.2, 0.25) is 11.8 Å². The molecule has 26 heavy (non-hydrogen) atoms. The van der Waals surface area contributed by atoms with Gasteiger partial charge >= 0.3 is 0 Å². The third kappa shape index (κ3) is 5.32. The van der Waals surface area contributed by atoms with Crippen molar-refractivity contribution in [3.63, 3.8) is 0 Å². The second kappa shape index (κ2) is 8.69. The van der Waals surface area contributed by atoms with Crippen LogP contribution < -0.4 is 10.6 Å². The average Bonchev–Trinajstić information content (AvgIpc) is 3.41. The monoisotopic (exact) mass is 434 g/mol. The molecule has 2 aromatic carbocycles. The molecule has 0 aliphatic heterocycles. The summed E-state index contributed by atoms with van der Waals surface area (Å²) in [7, 11) is 0. The first-order chi connectivity index (χ1) is 12.5. The lowest BCUT2D eigenvalue weighted by atomic mass is 10.1. The zero-order valence-electron chi connectivity index (χ0n) is 14.2. The van der Waals surface area contributed by atoms with Gasteiger partial charge in [-0.05, 0) is 60.7 Å². The fraction of sp³-hybridized carbons (Fsp3) is 0.300. The Balaban J connectivity index is 1.34. The summed E-state index contributed by atoms with van der Waals surface area (Å²) in [6.07, 6.45) is 1.86. The van der Waals surface area contributed by atoms with E-state index in [1.54, 1.807) is 24.3 Å². The molecule has 0 heterocycles. The van der Waals surface area contributed by atoms with Gasteiger partial charge in [-0.1, -0.05) is 39.7 Å². The molecule has 6 heteroatoms. The second-order valence-electron chi connectivity index (χ2n) is 6.45. The van der Waals surface area contributed by atoms with Crippen molar-refractivity contribution in [1.82, 2.24) is 5.32 Å². The molecule has 0 saturated heterocycles. The zero-order valence-corrected chi connectivity index (χ0v) is 16.5. The van der Waals surface area contributed by atoms with Gasteiger partial charge in [0.05, 0.1) is 0 Å². The smallest absolute Gasteiger partial charge is 0.224 e. The van der Waals surface area contributed by atoms with Crippen LogP contribution in [-0.2, 0) is 9.59 Å².